The Balaban J connectivity index is 1.42. The Hall–Kier alpha value is -3.25. The predicted molar refractivity (Wildman–Crippen MR) is 124 cm³/mol. The van der Waals surface area contributed by atoms with Gasteiger partial charge in [-0.3, -0.25) is 14.8 Å². The number of piperidine rings is 1. The van der Waals surface area contributed by atoms with Crippen LogP contribution < -0.4 is 0 Å². The number of nitrogens with zero attached hydrogens (tertiary/aromatic N) is 3. The Morgan fingerprint density at radius 3 is 2.33 bits per heavy atom. The second-order valence-corrected chi connectivity index (χ2v) is 9.15. The molecule has 3 aromatic rings. The standard InChI is InChI=1S/C27H28FN3O2/c1-26(23-7-3-2-4-8-23)27(33-25(32)31(26)20-22-6-5-15-29-18-22)13-16-30(17-14-27)19-21-9-11-24(28)12-10-21/h2-12,15,18H,13-14,16-17,19-20H2,1H3. The number of halogens is 1. The van der Waals surface area contributed by atoms with Crippen LogP contribution in [0.15, 0.2) is 79.1 Å². The summed E-state index contributed by atoms with van der Waals surface area (Å²) in [5.41, 5.74) is 1.91. The molecule has 1 atom stereocenters. The molecule has 2 fully saturated rings. The van der Waals surface area contributed by atoms with Gasteiger partial charge in [0.15, 0.2) is 0 Å². The molecule has 2 aromatic carbocycles. The first kappa shape index (κ1) is 21.6. The Kier molecular flexibility index (Phi) is 5.62. The highest BCUT2D eigenvalue weighted by Crippen LogP contribution is 2.52. The van der Waals surface area contributed by atoms with Crippen molar-refractivity contribution in [2.75, 3.05) is 13.1 Å². The number of rotatable bonds is 5. The fourth-order valence-electron chi connectivity index (χ4n) is 5.34. The molecule has 0 bridgehead atoms. The topological polar surface area (TPSA) is 45.7 Å². The molecule has 5 rings (SSSR count). The summed E-state index contributed by atoms with van der Waals surface area (Å²) in [6.45, 7) is 4.94. The average molecular weight is 446 g/mol. The van der Waals surface area contributed by atoms with Crippen molar-refractivity contribution in [1.82, 2.24) is 14.8 Å². The zero-order valence-corrected chi connectivity index (χ0v) is 18.8. The molecule has 0 radical (unpaired) electrons. The van der Waals surface area contributed by atoms with Crippen molar-refractivity contribution in [3.63, 3.8) is 0 Å². The molecule has 2 aliphatic heterocycles. The number of pyridine rings is 1. The molecule has 1 unspecified atom stereocenters. The number of benzene rings is 2. The first-order valence-corrected chi connectivity index (χ1v) is 11.4. The van der Waals surface area contributed by atoms with Gasteiger partial charge in [-0.25, -0.2) is 9.18 Å². The quantitative estimate of drug-likeness (QED) is 0.547. The first-order chi connectivity index (χ1) is 16.0. The molecule has 1 amide bonds. The molecule has 170 valence electrons. The summed E-state index contributed by atoms with van der Waals surface area (Å²) in [6.07, 6.45) is 4.72. The zero-order chi connectivity index (χ0) is 22.9. The molecule has 6 heteroatoms. The highest BCUT2D eigenvalue weighted by molar-refractivity contribution is 5.73. The number of ether oxygens (including phenoxy) is 1. The maximum absolute atomic E-state index is 13.3. The normalized spacial score (nSPS) is 22.5. The highest BCUT2D eigenvalue weighted by atomic mass is 19.1. The molecule has 0 saturated carbocycles. The molecule has 0 N–H and O–H groups in total. The van der Waals surface area contributed by atoms with Crippen molar-refractivity contribution in [2.45, 2.75) is 44.0 Å². The smallest absolute Gasteiger partial charge is 0.411 e. The van der Waals surface area contributed by atoms with Gasteiger partial charge in [0, 0.05) is 44.9 Å². The number of hydrogen-bond donors (Lipinski definition) is 0. The molecular formula is C27H28FN3O2. The van der Waals surface area contributed by atoms with E-state index in [9.17, 15) is 9.18 Å². The minimum absolute atomic E-state index is 0.221. The Bertz CT molecular complexity index is 1100. The van der Waals surface area contributed by atoms with Crippen LogP contribution in [-0.2, 0) is 23.4 Å². The Morgan fingerprint density at radius 2 is 1.67 bits per heavy atom. The summed E-state index contributed by atoms with van der Waals surface area (Å²) >= 11 is 0. The Labute approximate surface area is 193 Å². The van der Waals surface area contributed by atoms with Gasteiger partial charge in [-0.05, 0) is 41.8 Å². The van der Waals surface area contributed by atoms with Crippen LogP contribution in [0.2, 0.25) is 0 Å². The second-order valence-electron chi connectivity index (χ2n) is 9.15. The molecule has 2 aliphatic rings. The number of likely N-dealkylation sites (tertiary alicyclic amines) is 1. The van der Waals surface area contributed by atoms with E-state index in [1.165, 1.54) is 12.1 Å². The Morgan fingerprint density at radius 1 is 0.939 bits per heavy atom. The van der Waals surface area contributed by atoms with Crippen LogP contribution in [0, 0.1) is 5.82 Å². The van der Waals surface area contributed by atoms with Gasteiger partial charge in [0.1, 0.15) is 17.0 Å². The number of amides is 1. The summed E-state index contributed by atoms with van der Waals surface area (Å²) in [5, 5.41) is 0. The summed E-state index contributed by atoms with van der Waals surface area (Å²) in [7, 11) is 0. The van der Waals surface area contributed by atoms with Crippen molar-refractivity contribution in [3.8, 4) is 0 Å². The van der Waals surface area contributed by atoms with Gasteiger partial charge >= 0.3 is 6.09 Å². The highest BCUT2D eigenvalue weighted by Gasteiger charge is 2.63. The minimum atomic E-state index is -0.618. The largest absolute Gasteiger partial charge is 0.440 e. The average Bonchev–Trinajstić information content (AvgIpc) is 3.05. The maximum atomic E-state index is 13.3. The summed E-state index contributed by atoms with van der Waals surface area (Å²) in [5.74, 6) is -0.221. The lowest BCUT2D eigenvalue weighted by Crippen LogP contribution is -2.58. The molecule has 3 heterocycles. The third-order valence-electron chi connectivity index (χ3n) is 7.31. The fraction of sp³-hybridized carbons (Fsp3) is 0.333. The molecular weight excluding hydrogens is 417 g/mol. The molecule has 0 aliphatic carbocycles. The summed E-state index contributed by atoms with van der Waals surface area (Å²) in [6, 6.07) is 20.8. The molecule has 1 spiro atoms. The van der Waals surface area contributed by atoms with Gasteiger partial charge in [0.05, 0.1) is 6.54 Å². The predicted octanol–water partition coefficient (Wildman–Crippen LogP) is 5.12. The van der Waals surface area contributed by atoms with E-state index in [0.717, 1.165) is 49.2 Å². The van der Waals surface area contributed by atoms with E-state index >= 15 is 0 Å². The van der Waals surface area contributed by atoms with Crippen LogP contribution >= 0.6 is 0 Å². The van der Waals surface area contributed by atoms with E-state index in [2.05, 4.69) is 28.9 Å². The van der Waals surface area contributed by atoms with Gasteiger partial charge in [-0.1, -0.05) is 48.5 Å². The first-order valence-electron chi connectivity index (χ1n) is 11.4. The monoisotopic (exact) mass is 445 g/mol. The number of carbonyl (C=O) groups is 1. The van der Waals surface area contributed by atoms with Gasteiger partial charge in [-0.15, -0.1) is 0 Å². The fourth-order valence-corrected chi connectivity index (χ4v) is 5.34. The van der Waals surface area contributed by atoms with E-state index in [0.29, 0.717) is 6.54 Å². The lowest BCUT2D eigenvalue weighted by Gasteiger charge is -2.48. The lowest BCUT2D eigenvalue weighted by atomic mass is 9.70. The summed E-state index contributed by atoms with van der Waals surface area (Å²) in [4.78, 5) is 21.7. The number of aromatic nitrogens is 1. The van der Waals surface area contributed by atoms with Crippen LogP contribution in [-0.4, -0.2) is 39.6 Å². The number of hydrogen-bond acceptors (Lipinski definition) is 4. The van der Waals surface area contributed by atoms with Crippen LogP contribution in [0.3, 0.4) is 0 Å². The van der Waals surface area contributed by atoms with E-state index in [4.69, 9.17) is 4.74 Å². The van der Waals surface area contributed by atoms with Crippen molar-refractivity contribution in [1.29, 1.82) is 0 Å². The molecule has 1 aromatic heterocycles. The van der Waals surface area contributed by atoms with Crippen molar-refractivity contribution in [2.24, 2.45) is 0 Å². The van der Waals surface area contributed by atoms with E-state index in [-0.39, 0.29) is 11.9 Å². The second kappa shape index (κ2) is 8.60. The van der Waals surface area contributed by atoms with E-state index < -0.39 is 11.1 Å². The van der Waals surface area contributed by atoms with Crippen LogP contribution in [0.25, 0.3) is 0 Å². The van der Waals surface area contributed by atoms with Gasteiger partial charge in [0.25, 0.3) is 0 Å². The van der Waals surface area contributed by atoms with Gasteiger partial charge in [0.2, 0.25) is 0 Å². The SMILES string of the molecule is CC1(c2ccccc2)N(Cc2cccnc2)C(=O)OC12CCN(Cc1ccc(F)cc1)CC2. The molecule has 5 nitrogen and oxygen atoms in total. The van der Waals surface area contributed by atoms with Gasteiger partial charge < -0.3 is 4.74 Å². The molecule has 2 saturated heterocycles. The van der Waals surface area contributed by atoms with Crippen LogP contribution in [0.4, 0.5) is 9.18 Å². The summed E-state index contributed by atoms with van der Waals surface area (Å²) < 4.78 is 19.5. The minimum Gasteiger partial charge on any atom is -0.440 e. The van der Waals surface area contributed by atoms with Crippen LogP contribution in [0.5, 0.6) is 0 Å². The van der Waals surface area contributed by atoms with E-state index in [1.54, 1.807) is 12.4 Å². The third kappa shape index (κ3) is 3.89. The maximum Gasteiger partial charge on any atom is 0.411 e. The van der Waals surface area contributed by atoms with E-state index in [1.807, 2.05) is 47.4 Å². The lowest BCUT2D eigenvalue weighted by molar-refractivity contribution is -0.0614. The van der Waals surface area contributed by atoms with Crippen molar-refractivity contribution < 1.29 is 13.9 Å². The van der Waals surface area contributed by atoms with Gasteiger partial charge in [-0.2, -0.15) is 0 Å². The van der Waals surface area contributed by atoms with Crippen molar-refractivity contribution in [3.05, 3.63) is 102 Å². The van der Waals surface area contributed by atoms with Crippen LogP contribution in [0.1, 0.15) is 36.5 Å². The van der Waals surface area contributed by atoms with Crippen molar-refractivity contribution >= 4 is 6.09 Å². The third-order valence-corrected chi connectivity index (χ3v) is 7.31. The number of carbonyl (C=O) groups excluding carboxylic acids is 1. The molecule has 33 heavy (non-hydrogen) atoms. The zero-order valence-electron chi connectivity index (χ0n) is 18.8.